The quantitative estimate of drug-likeness (QED) is 0.595. The Kier molecular flexibility index (Phi) is 5.24. The summed E-state index contributed by atoms with van der Waals surface area (Å²) in [4.78, 5) is 2.47. The zero-order valence-corrected chi connectivity index (χ0v) is 12.9. The third-order valence-corrected chi connectivity index (χ3v) is 4.59. The zero-order chi connectivity index (χ0) is 15.4. The van der Waals surface area contributed by atoms with E-state index in [-0.39, 0.29) is 11.9 Å². The SMILES string of the molecule is C=CCOC[C@@H]1CC[C@H]2[C@H](CCN2Cc2ccc(F)cc2)O1. The Hall–Kier alpha value is -1.23. The first-order valence-electron chi connectivity index (χ1n) is 8.09. The van der Waals surface area contributed by atoms with Gasteiger partial charge in [0.2, 0.25) is 0 Å². The number of benzene rings is 1. The summed E-state index contributed by atoms with van der Waals surface area (Å²) in [6.07, 6.45) is 5.56. The van der Waals surface area contributed by atoms with Gasteiger partial charge in [0.05, 0.1) is 25.4 Å². The standard InChI is InChI=1S/C18H24FNO2/c1-2-11-21-13-16-7-8-17-18(22-16)9-10-20(17)12-14-3-5-15(19)6-4-14/h2-6,16-18H,1,7-13H2/t16-,17-,18-/m0/s1. The van der Waals surface area contributed by atoms with E-state index in [0.717, 1.165) is 32.4 Å². The first-order valence-corrected chi connectivity index (χ1v) is 8.09. The van der Waals surface area contributed by atoms with E-state index in [2.05, 4.69) is 11.5 Å². The van der Waals surface area contributed by atoms with Gasteiger partial charge in [-0.25, -0.2) is 4.39 Å². The monoisotopic (exact) mass is 305 g/mol. The largest absolute Gasteiger partial charge is 0.375 e. The summed E-state index contributed by atoms with van der Waals surface area (Å²) in [5, 5.41) is 0. The lowest BCUT2D eigenvalue weighted by atomic mass is 9.99. The number of fused-ring (bicyclic) bond motifs is 1. The van der Waals surface area contributed by atoms with Crippen molar-refractivity contribution in [2.45, 2.75) is 44.1 Å². The second-order valence-corrected chi connectivity index (χ2v) is 6.15. The number of hydrogen-bond acceptors (Lipinski definition) is 3. The molecule has 2 saturated heterocycles. The maximum atomic E-state index is 13.0. The van der Waals surface area contributed by atoms with Crippen LogP contribution in [0.5, 0.6) is 0 Å². The fourth-order valence-electron chi connectivity index (χ4n) is 3.51. The summed E-state index contributed by atoms with van der Waals surface area (Å²) in [5.74, 6) is -0.175. The maximum absolute atomic E-state index is 13.0. The zero-order valence-electron chi connectivity index (χ0n) is 12.9. The van der Waals surface area contributed by atoms with Crippen LogP contribution in [-0.4, -0.2) is 42.9 Å². The third-order valence-electron chi connectivity index (χ3n) is 4.59. The molecule has 0 unspecified atom stereocenters. The van der Waals surface area contributed by atoms with Crippen LogP contribution in [0.25, 0.3) is 0 Å². The molecule has 3 rings (SSSR count). The highest BCUT2D eigenvalue weighted by Gasteiger charge is 2.39. The van der Waals surface area contributed by atoms with Crippen molar-refractivity contribution in [2.75, 3.05) is 19.8 Å². The summed E-state index contributed by atoms with van der Waals surface area (Å²) in [5.41, 5.74) is 1.17. The molecule has 0 aliphatic carbocycles. The minimum atomic E-state index is -0.175. The predicted octanol–water partition coefficient (Wildman–Crippen LogP) is 3.15. The number of likely N-dealkylation sites (tertiary alicyclic amines) is 1. The second-order valence-electron chi connectivity index (χ2n) is 6.15. The summed E-state index contributed by atoms with van der Waals surface area (Å²) in [7, 11) is 0. The lowest BCUT2D eigenvalue weighted by Crippen LogP contribution is -2.43. The van der Waals surface area contributed by atoms with Crippen molar-refractivity contribution in [3.05, 3.63) is 48.3 Å². The van der Waals surface area contributed by atoms with E-state index in [1.54, 1.807) is 6.08 Å². The van der Waals surface area contributed by atoms with Crippen LogP contribution >= 0.6 is 0 Å². The van der Waals surface area contributed by atoms with Gasteiger partial charge in [-0.3, -0.25) is 4.90 Å². The molecule has 0 amide bonds. The van der Waals surface area contributed by atoms with E-state index in [4.69, 9.17) is 9.47 Å². The molecule has 4 heteroatoms. The van der Waals surface area contributed by atoms with Crippen LogP contribution < -0.4 is 0 Å². The van der Waals surface area contributed by atoms with E-state index in [0.29, 0.717) is 25.4 Å². The van der Waals surface area contributed by atoms with Gasteiger partial charge in [0.1, 0.15) is 5.82 Å². The Balaban J connectivity index is 1.51. The molecule has 0 N–H and O–H groups in total. The Morgan fingerprint density at radius 3 is 2.86 bits per heavy atom. The van der Waals surface area contributed by atoms with Crippen molar-refractivity contribution in [2.24, 2.45) is 0 Å². The summed E-state index contributed by atoms with van der Waals surface area (Å²) in [6.45, 7) is 6.83. The van der Waals surface area contributed by atoms with Gasteiger partial charge in [-0.1, -0.05) is 18.2 Å². The van der Waals surface area contributed by atoms with E-state index in [1.807, 2.05) is 12.1 Å². The molecule has 2 aliphatic heterocycles. The molecule has 0 spiro atoms. The summed E-state index contributed by atoms with van der Waals surface area (Å²) < 4.78 is 24.7. The minimum absolute atomic E-state index is 0.175. The van der Waals surface area contributed by atoms with Crippen molar-refractivity contribution in [3.8, 4) is 0 Å². The first kappa shape index (κ1) is 15.7. The second kappa shape index (κ2) is 7.36. The first-order chi connectivity index (χ1) is 10.8. The normalized spacial score (nSPS) is 28.5. The molecule has 2 aliphatic rings. The van der Waals surface area contributed by atoms with Crippen LogP contribution in [0.3, 0.4) is 0 Å². The molecule has 2 heterocycles. The van der Waals surface area contributed by atoms with Gasteiger partial charge in [0.25, 0.3) is 0 Å². The fraction of sp³-hybridized carbons (Fsp3) is 0.556. The third kappa shape index (κ3) is 3.75. The molecule has 0 aromatic heterocycles. The maximum Gasteiger partial charge on any atom is 0.123 e. The van der Waals surface area contributed by atoms with Gasteiger partial charge in [0, 0.05) is 19.1 Å². The Bertz CT molecular complexity index is 490. The van der Waals surface area contributed by atoms with Crippen molar-refractivity contribution >= 4 is 0 Å². The number of ether oxygens (including phenoxy) is 2. The van der Waals surface area contributed by atoms with Gasteiger partial charge < -0.3 is 9.47 Å². The smallest absolute Gasteiger partial charge is 0.123 e. The minimum Gasteiger partial charge on any atom is -0.375 e. The fourth-order valence-corrected chi connectivity index (χ4v) is 3.51. The summed E-state index contributed by atoms with van der Waals surface area (Å²) in [6, 6.07) is 7.30. The Morgan fingerprint density at radius 2 is 2.09 bits per heavy atom. The molecule has 1 aromatic carbocycles. The van der Waals surface area contributed by atoms with E-state index < -0.39 is 0 Å². The van der Waals surface area contributed by atoms with Crippen LogP contribution in [-0.2, 0) is 16.0 Å². The molecular weight excluding hydrogens is 281 g/mol. The van der Waals surface area contributed by atoms with Gasteiger partial charge in [0.15, 0.2) is 0 Å². The lowest BCUT2D eigenvalue weighted by molar-refractivity contribution is -0.0971. The van der Waals surface area contributed by atoms with Crippen LogP contribution in [0.2, 0.25) is 0 Å². The van der Waals surface area contributed by atoms with Gasteiger partial charge in [-0.05, 0) is 37.0 Å². The van der Waals surface area contributed by atoms with Gasteiger partial charge in [-0.15, -0.1) is 6.58 Å². The molecule has 0 radical (unpaired) electrons. The number of nitrogens with zero attached hydrogens (tertiary/aromatic N) is 1. The van der Waals surface area contributed by atoms with Crippen LogP contribution in [0.1, 0.15) is 24.8 Å². The molecule has 3 nitrogen and oxygen atoms in total. The lowest BCUT2D eigenvalue weighted by Gasteiger charge is -2.36. The van der Waals surface area contributed by atoms with Crippen molar-refractivity contribution in [1.29, 1.82) is 0 Å². The van der Waals surface area contributed by atoms with Crippen molar-refractivity contribution in [3.63, 3.8) is 0 Å². The van der Waals surface area contributed by atoms with Crippen molar-refractivity contribution in [1.82, 2.24) is 4.90 Å². The molecule has 0 saturated carbocycles. The van der Waals surface area contributed by atoms with E-state index in [1.165, 1.54) is 17.7 Å². The highest BCUT2D eigenvalue weighted by molar-refractivity contribution is 5.16. The Morgan fingerprint density at radius 1 is 1.27 bits per heavy atom. The number of hydrogen-bond donors (Lipinski definition) is 0. The van der Waals surface area contributed by atoms with Crippen LogP contribution in [0, 0.1) is 5.82 Å². The van der Waals surface area contributed by atoms with Crippen molar-refractivity contribution < 1.29 is 13.9 Å². The summed E-state index contributed by atoms with van der Waals surface area (Å²) >= 11 is 0. The molecule has 1 aromatic rings. The average Bonchev–Trinajstić information content (AvgIpc) is 2.92. The highest BCUT2D eigenvalue weighted by atomic mass is 19.1. The van der Waals surface area contributed by atoms with E-state index in [9.17, 15) is 4.39 Å². The molecule has 2 fully saturated rings. The van der Waals surface area contributed by atoms with Crippen LogP contribution in [0.15, 0.2) is 36.9 Å². The molecule has 0 bridgehead atoms. The van der Waals surface area contributed by atoms with Gasteiger partial charge >= 0.3 is 0 Å². The molecule has 120 valence electrons. The highest BCUT2D eigenvalue weighted by Crippen LogP contribution is 2.32. The van der Waals surface area contributed by atoms with E-state index >= 15 is 0 Å². The topological polar surface area (TPSA) is 21.7 Å². The Labute approximate surface area is 131 Å². The number of rotatable bonds is 6. The van der Waals surface area contributed by atoms with Gasteiger partial charge in [-0.2, -0.15) is 0 Å². The molecule has 22 heavy (non-hydrogen) atoms. The number of halogens is 1. The average molecular weight is 305 g/mol. The predicted molar refractivity (Wildman–Crippen MR) is 84.1 cm³/mol. The van der Waals surface area contributed by atoms with Crippen LogP contribution in [0.4, 0.5) is 4.39 Å². The molecular formula is C18H24FNO2. The molecule has 3 atom stereocenters.